The maximum atomic E-state index is 5.80. The third kappa shape index (κ3) is 2.51. The van der Waals surface area contributed by atoms with Crippen molar-refractivity contribution in [3.05, 3.63) is 36.2 Å². The third-order valence-electron chi connectivity index (χ3n) is 2.75. The lowest BCUT2D eigenvalue weighted by Gasteiger charge is -2.10. The molecule has 0 amide bonds. The first-order valence-corrected chi connectivity index (χ1v) is 5.81. The Bertz CT molecular complexity index is 534. The maximum absolute atomic E-state index is 5.80. The fourth-order valence-corrected chi connectivity index (χ4v) is 1.60. The fraction of sp³-hybridized carbons (Fsp3) is 0.231. The number of nitrogen functional groups attached to an aromatic ring is 2. The van der Waals surface area contributed by atoms with Crippen molar-refractivity contribution in [2.75, 3.05) is 16.8 Å². The van der Waals surface area contributed by atoms with Crippen LogP contribution in [-0.4, -0.2) is 9.97 Å². The number of rotatable bonds is 3. The molecule has 5 heteroatoms. The van der Waals surface area contributed by atoms with Gasteiger partial charge in [-0.15, -0.1) is 0 Å². The van der Waals surface area contributed by atoms with E-state index < -0.39 is 0 Å². The Balaban J connectivity index is 2.21. The van der Waals surface area contributed by atoms with Gasteiger partial charge in [-0.2, -0.15) is 0 Å². The van der Waals surface area contributed by atoms with E-state index in [9.17, 15) is 0 Å². The maximum Gasteiger partial charge on any atom is 0.159 e. The van der Waals surface area contributed by atoms with E-state index in [-0.39, 0.29) is 5.82 Å². The number of nitrogens with zero attached hydrogens (tertiary/aromatic N) is 2. The molecule has 0 aliphatic rings. The molecule has 0 spiro atoms. The van der Waals surface area contributed by atoms with Gasteiger partial charge in [0.15, 0.2) is 11.6 Å². The van der Waals surface area contributed by atoms with Crippen molar-refractivity contribution < 1.29 is 0 Å². The Morgan fingerprint density at radius 2 is 1.72 bits per heavy atom. The lowest BCUT2D eigenvalue weighted by Crippen LogP contribution is -2.04. The number of hydrogen-bond acceptors (Lipinski definition) is 5. The highest BCUT2D eigenvalue weighted by molar-refractivity contribution is 5.76. The first-order chi connectivity index (χ1) is 8.58. The number of anilines is 4. The number of benzene rings is 1. The molecule has 0 fully saturated rings. The number of nitrogens with one attached hydrogen (secondary N) is 1. The van der Waals surface area contributed by atoms with Gasteiger partial charge in [0.2, 0.25) is 0 Å². The second kappa shape index (κ2) is 4.91. The van der Waals surface area contributed by atoms with Crippen molar-refractivity contribution in [1.29, 1.82) is 0 Å². The zero-order valence-electron chi connectivity index (χ0n) is 10.5. The van der Waals surface area contributed by atoms with Crippen LogP contribution in [0.1, 0.15) is 25.3 Å². The van der Waals surface area contributed by atoms with Crippen LogP contribution in [0, 0.1) is 0 Å². The van der Waals surface area contributed by atoms with Gasteiger partial charge in [0.05, 0.1) is 0 Å². The fourth-order valence-electron chi connectivity index (χ4n) is 1.60. The molecule has 0 saturated heterocycles. The lowest BCUT2D eigenvalue weighted by atomic mass is 10.0. The standard InChI is InChI=1S/C13H17N5/c1-8(2)9-3-5-10(6-4-9)18-13-11(14)12(15)16-7-17-13/h3-8H,14H2,1-2H3,(H3,15,16,17,18). The monoisotopic (exact) mass is 243 g/mol. The van der Waals surface area contributed by atoms with Gasteiger partial charge in [-0.25, -0.2) is 9.97 Å². The van der Waals surface area contributed by atoms with Gasteiger partial charge in [-0.05, 0) is 23.6 Å². The second-order valence-electron chi connectivity index (χ2n) is 4.42. The summed E-state index contributed by atoms with van der Waals surface area (Å²) in [6, 6.07) is 8.14. The van der Waals surface area contributed by atoms with Crippen LogP contribution in [0.25, 0.3) is 0 Å². The molecule has 0 radical (unpaired) electrons. The molecule has 2 rings (SSSR count). The van der Waals surface area contributed by atoms with Crippen LogP contribution in [0.4, 0.5) is 23.0 Å². The van der Waals surface area contributed by atoms with Gasteiger partial charge in [0, 0.05) is 5.69 Å². The van der Waals surface area contributed by atoms with Crippen molar-refractivity contribution >= 4 is 23.0 Å². The van der Waals surface area contributed by atoms with E-state index in [0.29, 0.717) is 17.4 Å². The van der Waals surface area contributed by atoms with E-state index in [1.54, 1.807) is 0 Å². The summed E-state index contributed by atoms with van der Waals surface area (Å²) >= 11 is 0. The highest BCUT2D eigenvalue weighted by atomic mass is 15.1. The van der Waals surface area contributed by atoms with Gasteiger partial charge in [-0.3, -0.25) is 0 Å². The zero-order valence-corrected chi connectivity index (χ0v) is 10.5. The predicted molar refractivity (Wildman–Crippen MR) is 74.7 cm³/mol. The Morgan fingerprint density at radius 1 is 1.06 bits per heavy atom. The zero-order chi connectivity index (χ0) is 13.1. The third-order valence-corrected chi connectivity index (χ3v) is 2.75. The summed E-state index contributed by atoms with van der Waals surface area (Å²) in [5.74, 6) is 1.32. The van der Waals surface area contributed by atoms with Crippen LogP contribution in [-0.2, 0) is 0 Å². The summed E-state index contributed by atoms with van der Waals surface area (Å²) in [4.78, 5) is 7.88. The quantitative estimate of drug-likeness (QED) is 0.770. The van der Waals surface area contributed by atoms with Crippen LogP contribution >= 0.6 is 0 Å². The molecule has 0 aliphatic carbocycles. The summed E-state index contributed by atoms with van der Waals surface area (Å²) in [7, 11) is 0. The summed E-state index contributed by atoms with van der Waals surface area (Å²) in [5.41, 5.74) is 14.0. The summed E-state index contributed by atoms with van der Waals surface area (Å²) in [5, 5.41) is 3.12. The molecule has 5 N–H and O–H groups in total. The average molecular weight is 243 g/mol. The minimum Gasteiger partial charge on any atom is -0.393 e. The molecule has 94 valence electrons. The first-order valence-electron chi connectivity index (χ1n) is 5.81. The molecule has 0 unspecified atom stereocenters. The summed E-state index contributed by atoms with van der Waals surface area (Å²) in [6.07, 6.45) is 1.39. The number of hydrogen-bond donors (Lipinski definition) is 3. The minimum absolute atomic E-state index is 0.284. The molecule has 1 aromatic carbocycles. The smallest absolute Gasteiger partial charge is 0.159 e. The molecule has 0 aliphatic heterocycles. The van der Waals surface area contributed by atoms with Crippen LogP contribution in [0.5, 0.6) is 0 Å². The van der Waals surface area contributed by atoms with E-state index >= 15 is 0 Å². The molecule has 18 heavy (non-hydrogen) atoms. The Labute approximate surface area is 106 Å². The van der Waals surface area contributed by atoms with Gasteiger partial charge >= 0.3 is 0 Å². The van der Waals surface area contributed by atoms with Gasteiger partial charge in [0.1, 0.15) is 12.0 Å². The van der Waals surface area contributed by atoms with Crippen LogP contribution in [0.15, 0.2) is 30.6 Å². The molecule has 1 aromatic heterocycles. The Morgan fingerprint density at radius 3 is 2.33 bits per heavy atom. The highest BCUT2D eigenvalue weighted by Crippen LogP contribution is 2.24. The van der Waals surface area contributed by atoms with E-state index in [1.807, 2.05) is 12.1 Å². The summed E-state index contributed by atoms with van der Waals surface area (Å²) < 4.78 is 0. The minimum atomic E-state index is 0.284. The molecule has 0 bridgehead atoms. The normalized spacial score (nSPS) is 10.6. The Kier molecular flexibility index (Phi) is 3.32. The van der Waals surface area contributed by atoms with Crippen LogP contribution in [0.3, 0.4) is 0 Å². The van der Waals surface area contributed by atoms with Gasteiger partial charge in [0.25, 0.3) is 0 Å². The van der Waals surface area contributed by atoms with Crippen LogP contribution in [0.2, 0.25) is 0 Å². The van der Waals surface area contributed by atoms with E-state index in [1.165, 1.54) is 11.9 Å². The van der Waals surface area contributed by atoms with Crippen molar-refractivity contribution in [3.8, 4) is 0 Å². The Hall–Kier alpha value is -2.30. The van der Waals surface area contributed by atoms with E-state index in [2.05, 4.69) is 41.3 Å². The molecule has 2 aromatic rings. The lowest BCUT2D eigenvalue weighted by molar-refractivity contribution is 0.867. The molecule has 5 nitrogen and oxygen atoms in total. The molecule has 1 heterocycles. The van der Waals surface area contributed by atoms with Crippen LogP contribution < -0.4 is 16.8 Å². The summed E-state index contributed by atoms with van der Waals surface area (Å²) in [6.45, 7) is 4.32. The highest BCUT2D eigenvalue weighted by Gasteiger charge is 2.05. The van der Waals surface area contributed by atoms with Crippen molar-refractivity contribution in [3.63, 3.8) is 0 Å². The molecule has 0 saturated carbocycles. The predicted octanol–water partition coefficient (Wildman–Crippen LogP) is 2.51. The second-order valence-corrected chi connectivity index (χ2v) is 4.42. The topological polar surface area (TPSA) is 89.8 Å². The van der Waals surface area contributed by atoms with Gasteiger partial charge < -0.3 is 16.8 Å². The van der Waals surface area contributed by atoms with Gasteiger partial charge in [-0.1, -0.05) is 26.0 Å². The van der Waals surface area contributed by atoms with E-state index in [0.717, 1.165) is 5.69 Å². The SMILES string of the molecule is CC(C)c1ccc(Nc2ncnc(N)c2N)cc1. The van der Waals surface area contributed by atoms with Crippen molar-refractivity contribution in [2.45, 2.75) is 19.8 Å². The molecular weight excluding hydrogens is 226 g/mol. The average Bonchev–Trinajstić information content (AvgIpc) is 2.36. The molecule has 0 atom stereocenters. The number of aromatic nitrogens is 2. The van der Waals surface area contributed by atoms with E-state index in [4.69, 9.17) is 11.5 Å². The first kappa shape index (κ1) is 12.2. The number of nitrogens with two attached hydrogens (primary N) is 2. The molecular formula is C13H17N5. The van der Waals surface area contributed by atoms with Crippen molar-refractivity contribution in [1.82, 2.24) is 9.97 Å². The largest absolute Gasteiger partial charge is 0.393 e. The van der Waals surface area contributed by atoms with Crippen molar-refractivity contribution in [2.24, 2.45) is 0 Å².